The molecule has 0 N–H and O–H groups in total. The Kier molecular flexibility index (Phi) is 30.9. The monoisotopic (exact) mass is 545 g/mol. The molecular formula is C23H47HfN3. The molecule has 27 heavy (non-hydrogen) atoms. The van der Waals surface area contributed by atoms with Crippen molar-refractivity contribution in [1.82, 2.24) is 0 Å². The van der Waals surface area contributed by atoms with Crippen LogP contribution in [0.25, 0.3) is 16.0 Å². The first-order chi connectivity index (χ1) is 12.2. The molecular weight excluding hydrogens is 497 g/mol. The van der Waals surface area contributed by atoms with E-state index in [0.29, 0.717) is 17.8 Å². The van der Waals surface area contributed by atoms with Crippen LogP contribution >= 0.6 is 0 Å². The predicted molar refractivity (Wildman–Crippen MR) is 124 cm³/mol. The number of nitrogens with zero attached hydrogens (tertiary/aromatic N) is 3. The molecule has 1 aromatic rings. The Balaban J connectivity index is -0.000000169. The van der Waals surface area contributed by atoms with Gasteiger partial charge in [0.1, 0.15) is 0 Å². The maximum absolute atomic E-state index is 3.74. The summed E-state index contributed by atoms with van der Waals surface area (Å²) in [6, 6.07) is 4.79. The fourth-order valence-electron chi connectivity index (χ4n) is 1.90. The maximum atomic E-state index is 3.74. The van der Waals surface area contributed by atoms with Gasteiger partial charge in [0.05, 0.1) is 0 Å². The van der Waals surface area contributed by atoms with Crippen molar-refractivity contribution in [1.29, 1.82) is 0 Å². The minimum atomic E-state index is 0. The second-order valence-corrected chi connectivity index (χ2v) is 7.06. The normalized spacial score (nSPS) is 9.59. The van der Waals surface area contributed by atoms with Crippen LogP contribution in [0.15, 0.2) is 12.1 Å². The van der Waals surface area contributed by atoms with E-state index in [-0.39, 0.29) is 25.8 Å². The SMILES string of the molecule is CC(C)c1cc(C(C)C)[c-](C(C)C)c1.CC[N-]C.CC[N-]C.CC[N-]C.[Hf+4]. The van der Waals surface area contributed by atoms with Crippen molar-refractivity contribution >= 4 is 0 Å². The van der Waals surface area contributed by atoms with E-state index in [4.69, 9.17) is 0 Å². The summed E-state index contributed by atoms with van der Waals surface area (Å²) in [6.45, 7) is 22.5. The van der Waals surface area contributed by atoms with Crippen molar-refractivity contribution in [3.05, 3.63) is 44.8 Å². The van der Waals surface area contributed by atoms with Gasteiger partial charge in [0.15, 0.2) is 0 Å². The first-order valence-corrected chi connectivity index (χ1v) is 10.1. The molecule has 0 aliphatic heterocycles. The van der Waals surface area contributed by atoms with Crippen LogP contribution in [0.2, 0.25) is 0 Å². The van der Waals surface area contributed by atoms with Crippen LogP contribution < -0.4 is 0 Å². The summed E-state index contributed by atoms with van der Waals surface area (Å²) >= 11 is 0. The molecule has 0 aliphatic carbocycles. The number of rotatable bonds is 6. The first-order valence-electron chi connectivity index (χ1n) is 10.1. The van der Waals surface area contributed by atoms with Gasteiger partial charge in [-0.05, 0) is 5.92 Å². The molecule has 0 heterocycles. The molecule has 0 unspecified atom stereocenters. The van der Waals surface area contributed by atoms with E-state index in [9.17, 15) is 0 Å². The van der Waals surface area contributed by atoms with E-state index in [1.54, 1.807) is 32.3 Å². The van der Waals surface area contributed by atoms with Gasteiger partial charge in [-0.1, -0.05) is 74.1 Å². The molecule has 0 atom stereocenters. The van der Waals surface area contributed by atoms with Crippen LogP contribution in [0, 0.1) is 0 Å². The summed E-state index contributed by atoms with van der Waals surface area (Å²) in [7, 11) is 5.42. The van der Waals surface area contributed by atoms with Crippen LogP contribution in [0.5, 0.6) is 0 Å². The van der Waals surface area contributed by atoms with Crippen LogP contribution in [-0.4, -0.2) is 40.8 Å². The first kappa shape index (κ1) is 34.6. The smallest absolute Gasteiger partial charge is 0.665 e. The van der Waals surface area contributed by atoms with E-state index >= 15 is 0 Å². The molecule has 0 radical (unpaired) electrons. The zero-order valence-corrected chi connectivity index (χ0v) is 23.9. The predicted octanol–water partition coefficient (Wildman–Crippen LogP) is 7.80. The Morgan fingerprint density at radius 3 is 1.22 bits per heavy atom. The minimum Gasteiger partial charge on any atom is -0.665 e. The summed E-state index contributed by atoms with van der Waals surface area (Å²) < 4.78 is 0. The van der Waals surface area contributed by atoms with Crippen LogP contribution in [0.4, 0.5) is 0 Å². The molecule has 1 aromatic carbocycles. The molecule has 1 rings (SSSR count). The molecule has 0 fully saturated rings. The minimum absolute atomic E-state index is 0. The van der Waals surface area contributed by atoms with Crippen molar-refractivity contribution in [3.63, 3.8) is 0 Å². The Hall–Kier alpha value is 0.100. The molecule has 0 saturated heterocycles. The van der Waals surface area contributed by atoms with Crippen LogP contribution in [0.3, 0.4) is 0 Å². The third-order valence-electron chi connectivity index (χ3n) is 3.84. The van der Waals surface area contributed by atoms with Crippen molar-refractivity contribution in [2.24, 2.45) is 0 Å². The molecule has 0 amide bonds. The largest absolute Gasteiger partial charge is 4.00 e. The van der Waals surface area contributed by atoms with Crippen LogP contribution in [0.1, 0.15) is 96.8 Å². The van der Waals surface area contributed by atoms with Crippen molar-refractivity contribution in [2.75, 3.05) is 40.8 Å². The standard InChI is InChI=1S/C14H23.3C3H8N.Hf/c1-9(2)12-7-13(10(3)4)14(8-12)11(5)6;3*1-3-4-2;/h7-11H,1-6H3;3*3H2,1-2H3;/q4*-1;+4. The molecule has 0 aliphatic rings. The Bertz CT molecular complexity index is 344. The van der Waals surface area contributed by atoms with E-state index in [2.05, 4.69) is 69.6 Å². The molecule has 0 saturated carbocycles. The summed E-state index contributed by atoms with van der Waals surface area (Å²) in [5, 5.41) is 11.2. The average Bonchev–Trinajstić information content (AvgIpc) is 3.08. The summed E-state index contributed by atoms with van der Waals surface area (Å²) in [5.74, 6) is 1.96. The fraction of sp³-hybridized carbons (Fsp3) is 0.783. The second-order valence-electron chi connectivity index (χ2n) is 7.06. The number of hydrogen-bond acceptors (Lipinski definition) is 0. The van der Waals surface area contributed by atoms with E-state index in [0.717, 1.165) is 19.6 Å². The van der Waals surface area contributed by atoms with Gasteiger partial charge in [0.2, 0.25) is 0 Å². The zero-order valence-electron chi connectivity index (χ0n) is 20.3. The zero-order chi connectivity index (χ0) is 21.1. The quantitative estimate of drug-likeness (QED) is 0.259. The molecule has 4 heteroatoms. The Morgan fingerprint density at radius 2 is 1.07 bits per heavy atom. The van der Waals surface area contributed by atoms with Gasteiger partial charge in [-0.25, -0.2) is 6.07 Å². The summed E-state index contributed by atoms with van der Waals surface area (Å²) in [4.78, 5) is 0. The second kappa shape index (κ2) is 24.1. The average molecular weight is 544 g/mol. The molecule has 0 spiro atoms. The third kappa shape index (κ3) is 20.6. The summed E-state index contributed by atoms with van der Waals surface area (Å²) in [5.41, 5.74) is 4.59. The maximum Gasteiger partial charge on any atom is 4.00 e. The molecule has 0 bridgehead atoms. The van der Waals surface area contributed by atoms with Crippen LogP contribution in [-0.2, 0) is 25.8 Å². The fourth-order valence-corrected chi connectivity index (χ4v) is 1.90. The van der Waals surface area contributed by atoms with E-state index in [1.807, 2.05) is 20.8 Å². The van der Waals surface area contributed by atoms with Gasteiger partial charge < -0.3 is 16.0 Å². The van der Waals surface area contributed by atoms with Gasteiger partial charge >= 0.3 is 25.8 Å². The van der Waals surface area contributed by atoms with Gasteiger partial charge in [-0.2, -0.15) is 63.5 Å². The Labute approximate surface area is 191 Å². The van der Waals surface area contributed by atoms with Gasteiger partial charge in [-0.3, -0.25) is 0 Å². The summed E-state index contributed by atoms with van der Waals surface area (Å²) in [6.07, 6.45) is 0. The van der Waals surface area contributed by atoms with E-state index < -0.39 is 0 Å². The Morgan fingerprint density at radius 1 is 0.741 bits per heavy atom. The van der Waals surface area contributed by atoms with Crippen molar-refractivity contribution in [3.8, 4) is 0 Å². The third-order valence-corrected chi connectivity index (χ3v) is 3.84. The molecule has 0 aromatic heterocycles. The van der Waals surface area contributed by atoms with Gasteiger partial charge in [0, 0.05) is 0 Å². The van der Waals surface area contributed by atoms with Gasteiger partial charge in [-0.15, -0.1) is 0 Å². The van der Waals surface area contributed by atoms with Gasteiger partial charge in [0.25, 0.3) is 0 Å². The molecule has 3 nitrogen and oxygen atoms in total. The van der Waals surface area contributed by atoms with Crippen molar-refractivity contribution in [2.45, 2.75) is 80.1 Å². The number of hydrogen-bond donors (Lipinski definition) is 0. The molecule has 158 valence electrons. The van der Waals surface area contributed by atoms with E-state index in [1.165, 1.54) is 5.56 Å². The van der Waals surface area contributed by atoms with Crippen molar-refractivity contribution < 1.29 is 25.8 Å². The topological polar surface area (TPSA) is 42.3 Å².